The van der Waals surface area contributed by atoms with Crippen molar-refractivity contribution in [1.82, 2.24) is 4.98 Å². The van der Waals surface area contributed by atoms with Crippen LogP contribution in [0.3, 0.4) is 0 Å². The highest BCUT2D eigenvalue weighted by atomic mass is 32.2. The van der Waals surface area contributed by atoms with Crippen molar-refractivity contribution in [2.75, 3.05) is 15.5 Å². The number of urea groups is 1. The Hall–Kier alpha value is -3.86. The summed E-state index contributed by atoms with van der Waals surface area (Å²) in [7, 11) is 0. The number of aromatic nitrogens is 1. The van der Waals surface area contributed by atoms with Crippen LogP contribution in [0, 0.1) is 5.82 Å². The molecule has 2 N–H and O–H groups in total. The molecule has 3 aromatic carbocycles. The highest BCUT2D eigenvalue weighted by Crippen LogP contribution is 2.43. The molecule has 3 atom stereocenters. The molecule has 0 saturated heterocycles. The number of benzene rings is 3. The topological polar surface area (TPSA) is 74.3 Å². The summed E-state index contributed by atoms with van der Waals surface area (Å²) in [5, 5.41) is 7.98. The Kier molecular flexibility index (Phi) is 7.95. The summed E-state index contributed by atoms with van der Waals surface area (Å²) in [6, 6.07) is 21.2. The summed E-state index contributed by atoms with van der Waals surface area (Å²) in [4.78, 5) is 34.7. The molecule has 1 aliphatic carbocycles. The third kappa shape index (κ3) is 6.09. The number of halogens is 1. The summed E-state index contributed by atoms with van der Waals surface area (Å²) in [5.41, 5.74) is 2.99. The summed E-state index contributed by atoms with van der Waals surface area (Å²) in [5.74, 6) is -0.495. The van der Waals surface area contributed by atoms with Crippen molar-refractivity contribution in [3.05, 3.63) is 108 Å². The third-order valence-electron chi connectivity index (χ3n) is 6.60. The van der Waals surface area contributed by atoms with Crippen molar-refractivity contribution >= 4 is 63.3 Å². The number of hydrogen-bond acceptors (Lipinski definition) is 6. The minimum Gasteiger partial charge on any atom is -0.307 e. The van der Waals surface area contributed by atoms with Gasteiger partial charge in [0.15, 0.2) is 5.13 Å². The van der Waals surface area contributed by atoms with Gasteiger partial charge < -0.3 is 10.6 Å². The zero-order valence-electron chi connectivity index (χ0n) is 21.9. The molecule has 3 unspecified atom stereocenters. The normalized spacial score (nSPS) is 17.9. The maximum atomic E-state index is 13.6. The second-order valence-corrected chi connectivity index (χ2v) is 12.9. The molecule has 2 heterocycles. The first-order chi connectivity index (χ1) is 19.9. The van der Waals surface area contributed by atoms with Crippen molar-refractivity contribution in [1.29, 1.82) is 0 Å². The lowest BCUT2D eigenvalue weighted by atomic mass is 10.1. The maximum Gasteiger partial charge on any atom is 0.326 e. The van der Waals surface area contributed by atoms with E-state index in [1.165, 1.54) is 35.2 Å². The number of hydrogen-bond donors (Lipinski definition) is 2. The molecule has 6 rings (SSSR count). The van der Waals surface area contributed by atoms with Crippen LogP contribution in [0.4, 0.5) is 25.7 Å². The highest BCUT2D eigenvalue weighted by Gasteiger charge is 2.36. The molecule has 0 spiro atoms. The standard InChI is InChI=1S/C31H25FN4O2S3/c1-19(29(37)35-30-34-24(18-39-30)20-13-15-21(32)16-14-20)40-23-8-6-7-22(17-23)33-31(38)36-25-9-2-4-11-27(25)41-28-12-5-3-10-26(28)36/h2-19,25,27H,1H3,(H,33,38)(H,34,35,37). The average Bonchev–Trinajstić information content (AvgIpc) is 3.44. The second-order valence-electron chi connectivity index (χ2n) is 9.43. The molecule has 10 heteroatoms. The number of thioether (sulfide) groups is 2. The summed E-state index contributed by atoms with van der Waals surface area (Å²) >= 11 is 4.47. The Labute approximate surface area is 249 Å². The van der Waals surface area contributed by atoms with Crippen LogP contribution in [0.5, 0.6) is 0 Å². The van der Waals surface area contributed by atoms with Gasteiger partial charge >= 0.3 is 6.03 Å². The van der Waals surface area contributed by atoms with Crippen molar-refractivity contribution in [2.45, 2.75) is 33.3 Å². The van der Waals surface area contributed by atoms with E-state index in [1.54, 1.807) is 23.9 Å². The van der Waals surface area contributed by atoms with Crippen LogP contribution in [0.25, 0.3) is 11.3 Å². The monoisotopic (exact) mass is 600 g/mol. The van der Waals surface area contributed by atoms with Gasteiger partial charge in [-0.1, -0.05) is 42.5 Å². The van der Waals surface area contributed by atoms with Crippen LogP contribution in [0.2, 0.25) is 0 Å². The predicted octanol–water partition coefficient (Wildman–Crippen LogP) is 8.08. The van der Waals surface area contributed by atoms with E-state index in [0.29, 0.717) is 16.5 Å². The van der Waals surface area contributed by atoms with Gasteiger partial charge in [-0.05, 0) is 61.5 Å². The summed E-state index contributed by atoms with van der Waals surface area (Å²) in [6.45, 7) is 1.82. The van der Waals surface area contributed by atoms with E-state index in [0.717, 1.165) is 21.0 Å². The number of nitrogens with one attached hydrogen (secondary N) is 2. The van der Waals surface area contributed by atoms with Gasteiger partial charge in [-0.25, -0.2) is 14.2 Å². The fourth-order valence-electron chi connectivity index (χ4n) is 4.60. The van der Waals surface area contributed by atoms with E-state index < -0.39 is 5.25 Å². The Morgan fingerprint density at radius 2 is 1.80 bits per heavy atom. The molecule has 2 aliphatic rings. The van der Waals surface area contributed by atoms with Crippen LogP contribution >= 0.6 is 34.9 Å². The number of allylic oxidation sites excluding steroid dienone is 2. The lowest BCUT2D eigenvalue weighted by molar-refractivity contribution is -0.115. The number of anilines is 3. The Morgan fingerprint density at radius 3 is 2.66 bits per heavy atom. The maximum absolute atomic E-state index is 13.6. The molecule has 41 heavy (non-hydrogen) atoms. The third-order valence-corrected chi connectivity index (χ3v) is 9.76. The largest absolute Gasteiger partial charge is 0.326 e. The van der Waals surface area contributed by atoms with Gasteiger partial charge in [0.1, 0.15) is 5.82 Å². The van der Waals surface area contributed by atoms with Gasteiger partial charge in [-0.2, -0.15) is 0 Å². The minimum atomic E-state index is -0.412. The quantitative estimate of drug-likeness (QED) is 0.219. The zero-order valence-corrected chi connectivity index (χ0v) is 24.3. The van der Waals surface area contributed by atoms with Crippen LogP contribution in [-0.2, 0) is 4.79 Å². The Balaban J connectivity index is 1.11. The predicted molar refractivity (Wildman–Crippen MR) is 168 cm³/mol. The molecule has 6 nitrogen and oxygen atoms in total. The van der Waals surface area contributed by atoms with Gasteiger partial charge in [0.2, 0.25) is 5.91 Å². The molecule has 4 aromatic rings. The first kappa shape index (κ1) is 27.3. The fraction of sp³-hybridized carbons (Fsp3) is 0.129. The summed E-state index contributed by atoms with van der Waals surface area (Å²) < 4.78 is 13.2. The Morgan fingerprint density at radius 1 is 1.00 bits per heavy atom. The highest BCUT2D eigenvalue weighted by molar-refractivity contribution is 8.00. The minimum absolute atomic E-state index is 0.0874. The van der Waals surface area contributed by atoms with E-state index in [-0.39, 0.29) is 29.0 Å². The van der Waals surface area contributed by atoms with Gasteiger partial charge in [0, 0.05) is 26.4 Å². The van der Waals surface area contributed by atoms with E-state index in [4.69, 9.17) is 0 Å². The molecular weight excluding hydrogens is 576 g/mol. The molecule has 3 amide bonds. The first-order valence-electron chi connectivity index (χ1n) is 12.9. The molecular formula is C31H25FN4O2S3. The number of carbonyl (C=O) groups is 2. The molecule has 1 aromatic heterocycles. The number of rotatable bonds is 6. The van der Waals surface area contributed by atoms with Crippen LogP contribution in [0.15, 0.2) is 112 Å². The van der Waals surface area contributed by atoms with Gasteiger partial charge in [0.25, 0.3) is 0 Å². The number of fused-ring (bicyclic) bond motifs is 2. The Bertz CT molecular complexity index is 1650. The molecule has 206 valence electrons. The van der Waals surface area contributed by atoms with Gasteiger partial charge in [-0.15, -0.1) is 34.9 Å². The van der Waals surface area contributed by atoms with Crippen LogP contribution in [0.1, 0.15) is 6.92 Å². The van der Waals surface area contributed by atoms with Crippen molar-refractivity contribution < 1.29 is 14.0 Å². The lowest BCUT2D eigenvalue weighted by Gasteiger charge is -2.40. The number of nitrogens with zero attached hydrogens (tertiary/aromatic N) is 2. The van der Waals surface area contributed by atoms with Crippen molar-refractivity contribution in [3.63, 3.8) is 0 Å². The average molecular weight is 601 g/mol. The van der Waals surface area contributed by atoms with Gasteiger partial charge in [-0.3, -0.25) is 9.69 Å². The number of amides is 3. The summed E-state index contributed by atoms with van der Waals surface area (Å²) in [6.07, 6.45) is 8.19. The molecule has 0 fully saturated rings. The molecule has 0 bridgehead atoms. The number of carbonyl (C=O) groups excluding carboxylic acids is 2. The first-order valence-corrected chi connectivity index (χ1v) is 15.6. The smallest absolute Gasteiger partial charge is 0.307 e. The number of thiazole rings is 1. The van der Waals surface area contributed by atoms with Crippen LogP contribution in [-0.4, -0.2) is 33.5 Å². The van der Waals surface area contributed by atoms with Crippen molar-refractivity contribution in [3.8, 4) is 11.3 Å². The fourth-order valence-corrected chi connectivity index (χ4v) is 7.51. The second kappa shape index (κ2) is 11.9. The molecule has 0 saturated carbocycles. The van der Waals surface area contributed by atoms with E-state index in [9.17, 15) is 14.0 Å². The SMILES string of the molecule is CC(Sc1cccc(NC(=O)N2c3ccccc3SC3C=CC=CC32)c1)C(=O)Nc1nc(-c2ccc(F)cc2)cs1. The van der Waals surface area contributed by atoms with Crippen LogP contribution < -0.4 is 15.5 Å². The van der Waals surface area contributed by atoms with E-state index >= 15 is 0 Å². The lowest BCUT2D eigenvalue weighted by Crippen LogP contribution is -2.49. The van der Waals surface area contributed by atoms with Crippen molar-refractivity contribution in [2.24, 2.45) is 0 Å². The molecule has 0 radical (unpaired) electrons. The molecule has 1 aliphatic heterocycles. The van der Waals surface area contributed by atoms with E-state index in [2.05, 4.69) is 27.8 Å². The van der Waals surface area contributed by atoms with E-state index in [1.807, 2.05) is 77.9 Å². The zero-order chi connectivity index (χ0) is 28.3. The number of para-hydroxylation sites is 1. The van der Waals surface area contributed by atoms with Gasteiger partial charge in [0.05, 0.1) is 27.9 Å².